The molecule has 0 aliphatic carbocycles. The molecule has 1 saturated heterocycles. The Kier molecular flexibility index (Phi) is 5.90. The van der Waals surface area contributed by atoms with Crippen LogP contribution in [-0.4, -0.2) is 49.0 Å². The molecule has 4 rings (SSSR count). The minimum atomic E-state index is -0.386. The van der Waals surface area contributed by atoms with E-state index in [2.05, 4.69) is 4.90 Å². The van der Waals surface area contributed by atoms with Gasteiger partial charge in [0.05, 0.1) is 16.9 Å². The Hall–Kier alpha value is -3.39. The van der Waals surface area contributed by atoms with Crippen LogP contribution in [0.1, 0.15) is 14.5 Å². The number of amides is 1. The van der Waals surface area contributed by atoms with Crippen LogP contribution in [0.4, 0.5) is 11.4 Å². The molecule has 2 heterocycles. The van der Waals surface area contributed by atoms with Crippen LogP contribution in [0.2, 0.25) is 0 Å². The number of thiophene rings is 1. The molecule has 0 spiro atoms. The monoisotopic (exact) mass is 437 g/mol. The number of nitrogens with zero attached hydrogens (tertiary/aromatic N) is 3. The van der Waals surface area contributed by atoms with Gasteiger partial charge in [-0.05, 0) is 42.3 Å². The summed E-state index contributed by atoms with van der Waals surface area (Å²) >= 11 is 1.51. The molecule has 0 atom stereocenters. The summed E-state index contributed by atoms with van der Waals surface area (Å²) in [5, 5.41) is 11.0. The maximum atomic E-state index is 13.1. The lowest BCUT2D eigenvalue weighted by molar-refractivity contribution is -0.384. The highest BCUT2D eigenvalue weighted by Crippen LogP contribution is 2.33. The third kappa shape index (κ3) is 4.39. The van der Waals surface area contributed by atoms with Crippen LogP contribution in [0, 0.1) is 17.0 Å². The highest BCUT2D eigenvalue weighted by Gasteiger charge is 2.25. The van der Waals surface area contributed by atoms with Crippen LogP contribution in [0.5, 0.6) is 5.75 Å². The SMILES string of the molecule is COc1ccc(-c2cc(C(=O)N3CCN(c4cccc([N+](=O)[O-])c4)CC3)sc2C)cc1. The van der Waals surface area contributed by atoms with Crippen molar-refractivity contribution in [3.05, 3.63) is 74.5 Å². The number of aryl methyl sites for hydroxylation is 1. The molecule has 0 saturated carbocycles. The first kappa shape index (κ1) is 20.9. The number of nitro benzene ring substituents is 1. The molecule has 3 aromatic rings. The van der Waals surface area contributed by atoms with Gasteiger partial charge in [0.25, 0.3) is 11.6 Å². The summed E-state index contributed by atoms with van der Waals surface area (Å²) in [5.74, 6) is 0.834. The Balaban J connectivity index is 1.44. The highest BCUT2D eigenvalue weighted by atomic mass is 32.1. The van der Waals surface area contributed by atoms with E-state index < -0.39 is 0 Å². The molecule has 0 radical (unpaired) electrons. The Labute approximate surface area is 184 Å². The third-order valence-corrected chi connectivity index (χ3v) is 6.54. The van der Waals surface area contributed by atoms with E-state index in [0.29, 0.717) is 26.2 Å². The van der Waals surface area contributed by atoms with Crippen LogP contribution in [0.3, 0.4) is 0 Å². The Bertz CT molecular complexity index is 1100. The number of hydrogen-bond donors (Lipinski definition) is 0. The van der Waals surface area contributed by atoms with Crippen molar-refractivity contribution in [2.24, 2.45) is 0 Å². The van der Waals surface area contributed by atoms with E-state index in [0.717, 1.165) is 32.3 Å². The second kappa shape index (κ2) is 8.77. The summed E-state index contributed by atoms with van der Waals surface area (Å²) in [7, 11) is 1.64. The summed E-state index contributed by atoms with van der Waals surface area (Å²) in [4.78, 5) is 29.5. The van der Waals surface area contributed by atoms with Crippen molar-refractivity contribution in [2.45, 2.75) is 6.92 Å². The van der Waals surface area contributed by atoms with E-state index >= 15 is 0 Å². The molecule has 1 fully saturated rings. The lowest BCUT2D eigenvalue weighted by atomic mass is 10.1. The van der Waals surface area contributed by atoms with Crippen LogP contribution < -0.4 is 9.64 Å². The average Bonchev–Trinajstić information content (AvgIpc) is 3.20. The lowest BCUT2D eigenvalue weighted by Crippen LogP contribution is -2.48. The number of rotatable bonds is 5. The Morgan fingerprint density at radius 2 is 1.77 bits per heavy atom. The van der Waals surface area contributed by atoms with Gasteiger partial charge in [-0.15, -0.1) is 11.3 Å². The van der Waals surface area contributed by atoms with Gasteiger partial charge in [-0.3, -0.25) is 14.9 Å². The molecule has 0 N–H and O–H groups in total. The zero-order valence-corrected chi connectivity index (χ0v) is 18.2. The fourth-order valence-corrected chi connectivity index (χ4v) is 4.78. The maximum Gasteiger partial charge on any atom is 0.271 e. The quantitative estimate of drug-likeness (QED) is 0.431. The number of piperazine rings is 1. The number of benzene rings is 2. The number of nitro groups is 1. The second-order valence-corrected chi connectivity index (χ2v) is 8.62. The first-order valence-corrected chi connectivity index (χ1v) is 10.8. The summed E-state index contributed by atoms with van der Waals surface area (Å²) in [6.45, 7) is 4.47. The van der Waals surface area contributed by atoms with Gasteiger partial charge in [-0.1, -0.05) is 18.2 Å². The molecule has 160 valence electrons. The van der Waals surface area contributed by atoms with Gasteiger partial charge in [0.2, 0.25) is 0 Å². The molecular formula is C23H23N3O4S. The van der Waals surface area contributed by atoms with Crippen molar-refractivity contribution >= 4 is 28.6 Å². The standard InChI is InChI=1S/C23H23N3O4S/c1-16-21(17-6-8-20(30-2)9-7-17)15-22(31-16)23(27)25-12-10-24(11-13-25)18-4-3-5-19(14-18)26(28)29/h3-9,14-15H,10-13H2,1-2H3. The van der Waals surface area contributed by atoms with Gasteiger partial charge in [-0.2, -0.15) is 0 Å². The summed E-state index contributed by atoms with van der Waals surface area (Å²) in [6, 6.07) is 16.4. The van der Waals surface area contributed by atoms with Gasteiger partial charge in [0, 0.05) is 48.9 Å². The summed E-state index contributed by atoms with van der Waals surface area (Å²) < 4.78 is 5.22. The van der Waals surface area contributed by atoms with Crippen LogP contribution >= 0.6 is 11.3 Å². The molecule has 0 bridgehead atoms. The minimum absolute atomic E-state index is 0.0338. The molecule has 31 heavy (non-hydrogen) atoms. The largest absolute Gasteiger partial charge is 0.497 e. The maximum absolute atomic E-state index is 13.1. The van der Waals surface area contributed by atoms with E-state index in [-0.39, 0.29) is 16.5 Å². The van der Waals surface area contributed by atoms with Crippen molar-refractivity contribution < 1.29 is 14.5 Å². The van der Waals surface area contributed by atoms with E-state index in [1.165, 1.54) is 17.4 Å². The van der Waals surface area contributed by atoms with E-state index in [4.69, 9.17) is 4.74 Å². The number of methoxy groups -OCH3 is 1. The molecule has 1 amide bonds. The predicted octanol–water partition coefficient (Wildman–Crippen LogP) is 4.60. The topological polar surface area (TPSA) is 75.9 Å². The third-order valence-electron chi connectivity index (χ3n) is 5.50. The van der Waals surface area contributed by atoms with E-state index in [1.807, 2.05) is 48.2 Å². The van der Waals surface area contributed by atoms with E-state index in [1.54, 1.807) is 19.2 Å². The number of anilines is 1. The van der Waals surface area contributed by atoms with Crippen molar-refractivity contribution in [3.63, 3.8) is 0 Å². The van der Waals surface area contributed by atoms with Crippen molar-refractivity contribution in [3.8, 4) is 16.9 Å². The Morgan fingerprint density at radius 3 is 2.42 bits per heavy atom. The smallest absolute Gasteiger partial charge is 0.271 e. The molecule has 8 heteroatoms. The van der Waals surface area contributed by atoms with Crippen molar-refractivity contribution in [1.82, 2.24) is 4.90 Å². The number of carbonyl (C=O) groups is 1. The zero-order chi connectivity index (χ0) is 22.0. The van der Waals surface area contributed by atoms with Crippen LogP contribution in [-0.2, 0) is 0 Å². The first-order valence-electron chi connectivity index (χ1n) is 10.00. The molecule has 2 aromatic carbocycles. The molecular weight excluding hydrogens is 414 g/mol. The van der Waals surface area contributed by atoms with Crippen LogP contribution in [0.15, 0.2) is 54.6 Å². The lowest BCUT2D eigenvalue weighted by Gasteiger charge is -2.35. The molecule has 1 aromatic heterocycles. The van der Waals surface area contributed by atoms with Gasteiger partial charge in [0.1, 0.15) is 5.75 Å². The fourth-order valence-electron chi connectivity index (χ4n) is 3.77. The number of hydrogen-bond acceptors (Lipinski definition) is 6. The molecule has 7 nitrogen and oxygen atoms in total. The van der Waals surface area contributed by atoms with Gasteiger partial charge < -0.3 is 14.5 Å². The summed E-state index contributed by atoms with van der Waals surface area (Å²) in [6.07, 6.45) is 0. The molecule has 1 aliphatic rings. The minimum Gasteiger partial charge on any atom is -0.497 e. The van der Waals surface area contributed by atoms with E-state index in [9.17, 15) is 14.9 Å². The zero-order valence-electron chi connectivity index (χ0n) is 17.4. The van der Waals surface area contributed by atoms with Gasteiger partial charge in [0.15, 0.2) is 0 Å². The predicted molar refractivity (Wildman–Crippen MR) is 122 cm³/mol. The normalized spacial score (nSPS) is 13.9. The van der Waals surface area contributed by atoms with Crippen molar-refractivity contribution in [1.29, 1.82) is 0 Å². The number of ether oxygens (including phenoxy) is 1. The van der Waals surface area contributed by atoms with Gasteiger partial charge >= 0.3 is 0 Å². The number of carbonyl (C=O) groups excluding carboxylic acids is 1. The Morgan fingerprint density at radius 1 is 1.06 bits per heavy atom. The second-order valence-electron chi connectivity index (χ2n) is 7.37. The first-order chi connectivity index (χ1) is 15.0. The van der Waals surface area contributed by atoms with Crippen LogP contribution in [0.25, 0.3) is 11.1 Å². The average molecular weight is 438 g/mol. The fraction of sp³-hybridized carbons (Fsp3) is 0.261. The molecule has 1 aliphatic heterocycles. The van der Waals surface area contributed by atoms with Crippen molar-refractivity contribution in [2.75, 3.05) is 38.2 Å². The number of non-ortho nitro benzene ring substituents is 1. The summed E-state index contributed by atoms with van der Waals surface area (Å²) in [5.41, 5.74) is 3.02. The van der Waals surface area contributed by atoms with Gasteiger partial charge in [-0.25, -0.2) is 0 Å². The molecule has 0 unspecified atom stereocenters. The highest BCUT2D eigenvalue weighted by molar-refractivity contribution is 7.14.